The predicted molar refractivity (Wildman–Crippen MR) is 84.7 cm³/mol. The number of primary amides is 1. The number of nitrogens with zero attached hydrogens (tertiary/aromatic N) is 2. The van der Waals surface area contributed by atoms with Gasteiger partial charge in [0.05, 0.1) is 12.7 Å². The van der Waals surface area contributed by atoms with E-state index in [1.807, 2.05) is 0 Å². The minimum Gasteiger partial charge on any atom is -0.368 e. The van der Waals surface area contributed by atoms with Gasteiger partial charge < -0.3 is 26.3 Å². The normalized spacial score (nSPS) is 23.5. The van der Waals surface area contributed by atoms with Gasteiger partial charge in [0, 0.05) is 24.9 Å². The van der Waals surface area contributed by atoms with Crippen molar-refractivity contribution in [3.8, 4) is 0 Å². The SMILES string of the molecule is NC(=O)C1CCCN1C(=O)C(Cc1cnc[nH]1)NC(=O)[C@@H]1CC(=O)N1. The van der Waals surface area contributed by atoms with Crippen LogP contribution in [0.2, 0.25) is 0 Å². The fourth-order valence-corrected chi connectivity index (χ4v) is 3.13. The van der Waals surface area contributed by atoms with Crippen LogP contribution in [0.25, 0.3) is 0 Å². The van der Waals surface area contributed by atoms with Gasteiger partial charge in [0.1, 0.15) is 18.1 Å². The van der Waals surface area contributed by atoms with Crippen LogP contribution in [-0.2, 0) is 25.6 Å². The number of nitrogens with two attached hydrogens (primary N) is 1. The summed E-state index contributed by atoms with van der Waals surface area (Å²) in [5.74, 6) is -1.55. The summed E-state index contributed by atoms with van der Waals surface area (Å²) in [5.41, 5.74) is 6.05. The van der Waals surface area contributed by atoms with Gasteiger partial charge in [0.2, 0.25) is 23.6 Å². The van der Waals surface area contributed by atoms with Crippen LogP contribution in [0.15, 0.2) is 12.5 Å². The van der Waals surface area contributed by atoms with Crippen molar-refractivity contribution >= 4 is 23.6 Å². The number of carbonyl (C=O) groups excluding carboxylic acids is 4. The maximum absolute atomic E-state index is 12.9. The summed E-state index contributed by atoms with van der Waals surface area (Å²) in [6.07, 6.45) is 4.55. The lowest BCUT2D eigenvalue weighted by Crippen LogP contribution is -2.61. The highest BCUT2D eigenvalue weighted by atomic mass is 16.2. The Bertz CT molecular complexity index is 680. The largest absolute Gasteiger partial charge is 0.368 e. The zero-order valence-electron chi connectivity index (χ0n) is 13.5. The zero-order valence-corrected chi connectivity index (χ0v) is 13.5. The van der Waals surface area contributed by atoms with Gasteiger partial charge in [0.25, 0.3) is 0 Å². The number of imidazole rings is 1. The lowest BCUT2D eigenvalue weighted by molar-refractivity contribution is -0.142. The molecular formula is C15H20N6O4. The molecule has 10 nitrogen and oxygen atoms in total. The van der Waals surface area contributed by atoms with Crippen LogP contribution in [0.4, 0.5) is 0 Å². The summed E-state index contributed by atoms with van der Waals surface area (Å²) in [6, 6.07) is -2.16. The molecule has 2 fully saturated rings. The summed E-state index contributed by atoms with van der Waals surface area (Å²) in [7, 11) is 0. The average Bonchev–Trinajstić information content (AvgIpc) is 3.21. The standard InChI is InChI=1S/C15H20N6O4/c16-13(23)11-2-1-3-21(11)15(25)10(4-8-6-17-7-18-8)20-14(24)9-5-12(22)19-9/h6-7,9-11H,1-5H2,(H2,16,23)(H,17,18)(H,19,22)(H,20,24)/t9-,10?,11?/m0/s1. The van der Waals surface area contributed by atoms with Gasteiger partial charge in [-0.1, -0.05) is 0 Å². The summed E-state index contributed by atoms with van der Waals surface area (Å²) >= 11 is 0. The number of H-pyrrole nitrogens is 1. The van der Waals surface area contributed by atoms with Crippen LogP contribution < -0.4 is 16.4 Å². The highest BCUT2D eigenvalue weighted by Crippen LogP contribution is 2.19. The summed E-state index contributed by atoms with van der Waals surface area (Å²) in [6.45, 7) is 0.419. The number of rotatable bonds is 6. The molecule has 3 atom stereocenters. The quantitative estimate of drug-likeness (QED) is 0.430. The van der Waals surface area contributed by atoms with Crippen molar-refractivity contribution in [2.75, 3.05) is 6.54 Å². The van der Waals surface area contributed by atoms with Crippen molar-refractivity contribution < 1.29 is 19.2 Å². The molecule has 0 radical (unpaired) electrons. The molecule has 4 amide bonds. The van der Waals surface area contributed by atoms with Gasteiger partial charge in [0.15, 0.2) is 0 Å². The van der Waals surface area contributed by atoms with Crippen molar-refractivity contribution in [3.05, 3.63) is 18.2 Å². The molecule has 3 heterocycles. The molecule has 1 aromatic rings. The molecular weight excluding hydrogens is 328 g/mol. The molecule has 0 aliphatic carbocycles. The van der Waals surface area contributed by atoms with Crippen molar-refractivity contribution in [2.45, 2.75) is 43.8 Å². The molecule has 0 saturated carbocycles. The highest BCUT2D eigenvalue weighted by molar-refractivity contribution is 5.99. The lowest BCUT2D eigenvalue weighted by atomic mass is 10.0. The van der Waals surface area contributed by atoms with Gasteiger partial charge in [-0.25, -0.2) is 4.98 Å². The van der Waals surface area contributed by atoms with E-state index < -0.39 is 29.9 Å². The fraction of sp³-hybridized carbons (Fsp3) is 0.533. The summed E-state index contributed by atoms with van der Waals surface area (Å²) in [5, 5.41) is 5.14. The average molecular weight is 348 g/mol. The van der Waals surface area contributed by atoms with E-state index in [0.29, 0.717) is 25.1 Å². The Morgan fingerprint density at radius 3 is 2.80 bits per heavy atom. The minimum atomic E-state index is -0.870. The number of amides is 4. The van der Waals surface area contributed by atoms with E-state index in [0.717, 1.165) is 0 Å². The first-order valence-electron chi connectivity index (χ1n) is 8.12. The van der Waals surface area contributed by atoms with E-state index in [9.17, 15) is 19.2 Å². The third-order valence-corrected chi connectivity index (χ3v) is 4.50. The van der Waals surface area contributed by atoms with Crippen molar-refractivity contribution in [3.63, 3.8) is 0 Å². The maximum Gasteiger partial charge on any atom is 0.246 e. The molecule has 1 aromatic heterocycles. The number of likely N-dealkylation sites (tertiary alicyclic amines) is 1. The number of nitrogens with one attached hydrogen (secondary N) is 3. The van der Waals surface area contributed by atoms with Crippen LogP contribution in [0.5, 0.6) is 0 Å². The smallest absolute Gasteiger partial charge is 0.246 e. The second-order valence-corrected chi connectivity index (χ2v) is 6.26. The highest BCUT2D eigenvalue weighted by Gasteiger charge is 2.39. The van der Waals surface area contributed by atoms with Crippen LogP contribution in [0, 0.1) is 0 Å². The van der Waals surface area contributed by atoms with E-state index in [4.69, 9.17) is 5.73 Å². The molecule has 0 bridgehead atoms. The molecule has 2 saturated heterocycles. The molecule has 134 valence electrons. The number of β-lactam (4-membered cyclic amide) rings is 1. The van der Waals surface area contributed by atoms with Crippen LogP contribution >= 0.6 is 0 Å². The van der Waals surface area contributed by atoms with E-state index in [1.54, 1.807) is 6.20 Å². The van der Waals surface area contributed by atoms with E-state index in [2.05, 4.69) is 20.6 Å². The van der Waals surface area contributed by atoms with Gasteiger partial charge in [-0.2, -0.15) is 0 Å². The van der Waals surface area contributed by atoms with Crippen LogP contribution in [0.1, 0.15) is 25.0 Å². The Hall–Kier alpha value is -2.91. The third kappa shape index (κ3) is 3.62. The molecule has 2 aliphatic heterocycles. The number of carbonyl (C=O) groups is 4. The van der Waals surface area contributed by atoms with Gasteiger partial charge in [-0.05, 0) is 12.8 Å². The molecule has 10 heteroatoms. The van der Waals surface area contributed by atoms with Crippen LogP contribution in [0.3, 0.4) is 0 Å². The summed E-state index contributed by atoms with van der Waals surface area (Å²) in [4.78, 5) is 55.9. The minimum absolute atomic E-state index is 0.102. The molecule has 0 spiro atoms. The molecule has 3 rings (SSSR count). The zero-order chi connectivity index (χ0) is 18.0. The Balaban J connectivity index is 1.73. The topological polar surface area (TPSA) is 150 Å². The maximum atomic E-state index is 12.9. The number of hydrogen-bond acceptors (Lipinski definition) is 5. The van der Waals surface area contributed by atoms with E-state index >= 15 is 0 Å². The Morgan fingerprint density at radius 1 is 1.44 bits per heavy atom. The van der Waals surface area contributed by atoms with Crippen molar-refractivity contribution in [1.82, 2.24) is 25.5 Å². The number of aromatic amines is 1. The van der Waals surface area contributed by atoms with Crippen molar-refractivity contribution in [1.29, 1.82) is 0 Å². The second-order valence-electron chi connectivity index (χ2n) is 6.26. The number of aromatic nitrogens is 2. The van der Waals surface area contributed by atoms with Crippen LogP contribution in [-0.4, -0.2) is 63.2 Å². The van der Waals surface area contributed by atoms with Gasteiger partial charge >= 0.3 is 0 Å². The molecule has 5 N–H and O–H groups in total. The lowest BCUT2D eigenvalue weighted by Gasteiger charge is -2.31. The Morgan fingerprint density at radius 2 is 2.20 bits per heavy atom. The molecule has 25 heavy (non-hydrogen) atoms. The number of hydrogen-bond donors (Lipinski definition) is 4. The first-order valence-corrected chi connectivity index (χ1v) is 8.12. The fourth-order valence-electron chi connectivity index (χ4n) is 3.13. The Labute approximate surface area is 143 Å². The van der Waals surface area contributed by atoms with E-state index in [1.165, 1.54) is 11.2 Å². The first-order chi connectivity index (χ1) is 12.0. The Kier molecular flexibility index (Phi) is 4.68. The summed E-state index contributed by atoms with van der Waals surface area (Å²) < 4.78 is 0. The molecule has 0 aromatic carbocycles. The van der Waals surface area contributed by atoms with E-state index in [-0.39, 0.29) is 24.7 Å². The van der Waals surface area contributed by atoms with Gasteiger partial charge in [-0.3, -0.25) is 19.2 Å². The monoisotopic (exact) mass is 348 g/mol. The molecule has 2 aliphatic rings. The van der Waals surface area contributed by atoms with Gasteiger partial charge in [-0.15, -0.1) is 0 Å². The first kappa shape index (κ1) is 16.9. The third-order valence-electron chi connectivity index (χ3n) is 4.50. The van der Waals surface area contributed by atoms with Crippen molar-refractivity contribution in [2.24, 2.45) is 5.73 Å². The predicted octanol–water partition coefficient (Wildman–Crippen LogP) is -2.20. The molecule has 2 unspecified atom stereocenters. The second kappa shape index (κ2) is 6.91.